The molecule has 2 heteroatoms. The van der Waals surface area contributed by atoms with Gasteiger partial charge in [0.2, 0.25) is 0 Å². The molecule has 0 saturated heterocycles. The van der Waals surface area contributed by atoms with E-state index in [0.29, 0.717) is 5.82 Å². The summed E-state index contributed by atoms with van der Waals surface area (Å²) >= 11 is 0. The molecule has 8 aromatic rings. The van der Waals surface area contributed by atoms with Gasteiger partial charge in [-0.1, -0.05) is 182 Å². The van der Waals surface area contributed by atoms with Crippen LogP contribution < -0.4 is 0 Å². The Balaban J connectivity index is 1.26. The van der Waals surface area contributed by atoms with Crippen LogP contribution in [0.1, 0.15) is 22.3 Å². The molecule has 49 heavy (non-hydrogen) atoms. The van der Waals surface area contributed by atoms with Crippen LogP contribution in [0.15, 0.2) is 194 Å². The number of rotatable bonds is 6. The van der Waals surface area contributed by atoms with E-state index in [4.69, 9.17) is 9.97 Å². The molecule has 0 amide bonds. The Hall–Kier alpha value is -6.38. The average molecular weight is 625 g/mol. The Morgan fingerprint density at radius 1 is 0.306 bits per heavy atom. The lowest BCUT2D eigenvalue weighted by Crippen LogP contribution is -2.29. The molecule has 0 radical (unpaired) electrons. The third-order valence-electron chi connectivity index (χ3n) is 9.79. The van der Waals surface area contributed by atoms with E-state index in [-0.39, 0.29) is 0 Å². The van der Waals surface area contributed by atoms with Gasteiger partial charge >= 0.3 is 0 Å². The Morgan fingerprint density at radius 2 is 0.735 bits per heavy atom. The average Bonchev–Trinajstić information content (AvgIpc) is 3.50. The minimum Gasteiger partial charge on any atom is -0.228 e. The summed E-state index contributed by atoms with van der Waals surface area (Å²) in [7, 11) is 0. The third-order valence-corrected chi connectivity index (χ3v) is 9.79. The van der Waals surface area contributed by atoms with E-state index in [1.807, 2.05) is 24.3 Å². The van der Waals surface area contributed by atoms with Crippen molar-refractivity contribution in [2.75, 3.05) is 0 Å². The summed E-state index contributed by atoms with van der Waals surface area (Å²) in [6.45, 7) is 0. The molecule has 2 nitrogen and oxygen atoms in total. The number of fused-ring (bicyclic) bond motifs is 3. The summed E-state index contributed by atoms with van der Waals surface area (Å²) in [4.78, 5) is 10.2. The first-order valence-electron chi connectivity index (χ1n) is 16.8. The van der Waals surface area contributed by atoms with E-state index in [1.54, 1.807) is 0 Å². The van der Waals surface area contributed by atoms with Crippen molar-refractivity contribution in [1.82, 2.24) is 9.97 Å². The van der Waals surface area contributed by atoms with Crippen LogP contribution in [-0.2, 0) is 5.41 Å². The molecular formula is C47H32N2. The van der Waals surface area contributed by atoms with Gasteiger partial charge in [0.1, 0.15) is 0 Å². The lowest BCUT2D eigenvalue weighted by atomic mass is 9.66. The van der Waals surface area contributed by atoms with E-state index in [9.17, 15) is 0 Å². The predicted molar refractivity (Wildman–Crippen MR) is 201 cm³/mol. The van der Waals surface area contributed by atoms with E-state index >= 15 is 0 Å². The normalized spacial score (nSPS) is 12.7. The van der Waals surface area contributed by atoms with Crippen molar-refractivity contribution >= 4 is 0 Å². The molecule has 0 fully saturated rings. The van der Waals surface area contributed by atoms with Crippen molar-refractivity contribution in [3.8, 4) is 56.2 Å². The summed E-state index contributed by atoms with van der Waals surface area (Å²) in [6.07, 6.45) is 0. The van der Waals surface area contributed by atoms with Gasteiger partial charge in [0, 0.05) is 16.7 Å². The van der Waals surface area contributed by atoms with Crippen LogP contribution in [0.4, 0.5) is 0 Å². The van der Waals surface area contributed by atoms with Gasteiger partial charge in [-0.25, -0.2) is 9.97 Å². The molecule has 9 rings (SSSR count). The van der Waals surface area contributed by atoms with Gasteiger partial charge in [-0.2, -0.15) is 0 Å². The fourth-order valence-electron chi connectivity index (χ4n) is 7.66. The summed E-state index contributed by atoms with van der Waals surface area (Å²) in [6, 6.07) is 69.3. The van der Waals surface area contributed by atoms with Crippen molar-refractivity contribution in [2.24, 2.45) is 0 Å². The number of hydrogen-bond donors (Lipinski definition) is 0. The molecule has 1 aromatic heterocycles. The fourth-order valence-corrected chi connectivity index (χ4v) is 7.66. The molecule has 1 heterocycles. The van der Waals surface area contributed by atoms with Crippen molar-refractivity contribution < 1.29 is 0 Å². The predicted octanol–water partition coefficient (Wildman–Crippen LogP) is 11.5. The Kier molecular flexibility index (Phi) is 7.06. The third kappa shape index (κ3) is 4.80. The van der Waals surface area contributed by atoms with Crippen LogP contribution in [0.3, 0.4) is 0 Å². The Labute approximate surface area is 287 Å². The standard InChI is InChI=1S/C47H32N2/c1-4-17-33(18-5-1)44-32-45(49-46(48-44)34-19-6-2-7-20-34)36-22-16-21-35(31-36)38-25-10-13-28-41(38)47(37-23-8-3-9-24-37)42-29-14-11-26-39(42)40-27-12-15-30-43(40)47/h1-32H. The molecule has 0 atom stereocenters. The highest BCUT2D eigenvalue weighted by atomic mass is 14.9. The van der Waals surface area contributed by atoms with Gasteiger partial charge in [0.25, 0.3) is 0 Å². The Bertz CT molecular complexity index is 2330. The fraction of sp³-hybridized carbons (Fsp3) is 0.0213. The number of aromatic nitrogens is 2. The highest BCUT2D eigenvalue weighted by molar-refractivity contribution is 5.89. The molecule has 230 valence electrons. The van der Waals surface area contributed by atoms with Gasteiger partial charge in [0.05, 0.1) is 16.8 Å². The summed E-state index contributed by atoms with van der Waals surface area (Å²) in [5.74, 6) is 0.713. The quantitative estimate of drug-likeness (QED) is 0.184. The van der Waals surface area contributed by atoms with Crippen molar-refractivity contribution in [3.63, 3.8) is 0 Å². The molecule has 0 saturated carbocycles. The second-order valence-corrected chi connectivity index (χ2v) is 12.5. The van der Waals surface area contributed by atoms with Crippen molar-refractivity contribution in [2.45, 2.75) is 5.41 Å². The first kappa shape index (κ1) is 28.8. The molecule has 0 N–H and O–H groups in total. The first-order valence-corrected chi connectivity index (χ1v) is 16.8. The molecule has 1 aliphatic rings. The first-order chi connectivity index (χ1) is 24.3. The number of benzene rings is 7. The number of nitrogens with zero attached hydrogens (tertiary/aromatic N) is 2. The molecule has 0 unspecified atom stereocenters. The molecule has 1 aliphatic carbocycles. The topological polar surface area (TPSA) is 25.8 Å². The summed E-state index contributed by atoms with van der Waals surface area (Å²) < 4.78 is 0. The van der Waals surface area contributed by atoms with E-state index in [2.05, 4.69) is 170 Å². The highest BCUT2D eigenvalue weighted by Crippen LogP contribution is 2.57. The maximum atomic E-state index is 5.14. The lowest BCUT2D eigenvalue weighted by Gasteiger charge is -2.35. The van der Waals surface area contributed by atoms with Gasteiger partial charge in [-0.3, -0.25) is 0 Å². The number of hydrogen-bond acceptors (Lipinski definition) is 2. The van der Waals surface area contributed by atoms with Crippen LogP contribution >= 0.6 is 0 Å². The second-order valence-electron chi connectivity index (χ2n) is 12.5. The maximum absolute atomic E-state index is 5.14. The zero-order valence-corrected chi connectivity index (χ0v) is 26.9. The minimum atomic E-state index is -0.489. The van der Waals surface area contributed by atoms with Crippen LogP contribution in [-0.4, -0.2) is 9.97 Å². The molecular weight excluding hydrogens is 593 g/mol. The van der Waals surface area contributed by atoms with E-state index < -0.39 is 5.41 Å². The van der Waals surface area contributed by atoms with Gasteiger partial charge in [0.15, 0.2) is 5.82 Å². The minimum absolute atomic E-state index is 0.489. The zero-order chi connectivity index (χ0) is 32.6. The van der Waals surface area contributed by atoms with Gasteiger partial charge < -0.3 is 0 Å². The van der Waals surface area contributed by atoms with Crippen molar-refractivity contribution in [1.29, 1.82) is 0 Å². The highest BCUT2D eigenvalue weighted by Gasteiger charge is 2.46. The maximum Gasteiger partial charge on any atom is 0.160 e. The van der Waals surface area contributed by atoms with Crippen LogP contribution in [0.25, 0.3) is 56.2 Å². The van der Waals surface area contributed by atoms with Crippen LogP contribution in [0.5, 0.6) is 0 Å². The van der Waals surface area contributed by atoms with Crippen molar-refractivity contribution in [3.05, 3.63) is 216 Å². The lowest BCUT2D eigenvalue weighted by molar-refractivity contribution is 0.770. The van der Waals surface area contributed by atoms with Gasteiger partial charge in [-0.15, -0.1) is 0 Å². The van der Waals surface area contributed by atoms with Crippen LogP contribution in [0, 0.1) is 0 Å². The monoisotopic (exact) mass is 624 g/mol. The van der Waals surface area contributed by atoms with E-state index in [0.717, 1.165) is 33.6 Å². The second kappa shape index (κ2) is 12.0. The Morgan fingerprint density at radius 3 is 1.35 bits per heavy atom. The SMILES string of the molecule is c1ccc(-c2cc(-c3cccc(-c4ccccc4C4(c5ccccc5)c5ccccc5-c5ccccc54)c3)nc(-c3ccccc3)n2)cc1. The summed E-state index contributed by atoms with van der Waals surface area (Å²) in [5.41, 5.74) is 14.4. The largest absolute Gasteiger partial charge is 0.228 e. The summed E-state index contributed by atoms with van der Waals surface area (Å²) in [5, 5.41) is 0. The molecule has 0 bridgehead atoms. The molecule has 0 spiro atoms. The zero-order valence-electron chi connectivity index (χ0n) is 26.9. The molecule has 7 aromatic carbocycles. The van der Waals surface area contributed by atoms with Gasteiger partial charge in [-0.05, 0) is 56.6 Å². The van der Waals surface area contributed by atoms with E-state index in [1.165, 1.54) is 38.9 Å². The van der Waals surface area contributed by atoms with Crippen LogP contribution in [0.2, 0.25) is 0 Å². The smallest absolute Gasteiger partial charge is 0.160 e. The molecule has 0 aliphatic heterocycles.